The van der Waals surface area contributed by atoms with Crippen LogP contribution >= 0.6 is 91.8 Å². The molecule has 111 heavy (non-hydrogen) atoms. The number of piperidine rings is 6. The van der Waals surface area contributed by atoms with Crippen LogP contribution in [0, 0.1) is 40.9 Å². The molecule has 596 valence electrons. The summed E-state index contributed by atoms with van der Waals surface area (Å²) in [6, 6.07) is 29.7. The number of fused-ring (bicyclic) bond motifs is 6. The first kappa shape index (κ1) is 77.0. The Balaban J connectivity index is 0.000000306. The normalized spacial score (nSPS) is 19.7. The molecule has 4 bridgehead atoms. The number of thiazole rings is 4. The van der Waals surface area contributed by atoms with E-state index < -0.39 is 59.9 Å². The van der Waals surface area contributed by atoms with Crippen LogP contribution in [-0.2, 0) is 60.3 Å². The number of nitrogens with two attached hydrogens (primary N) is 1. The number of ether oxygens (including phenoxy) is 1. The van der Waals surface area contributed by atoms with E-state index >= 15 is 0 Å². The summed E-state index contributed by atoms with van der Waals surface area (Å²) in [6.07, 6.45) is 6.64. The largest absolute Gasteiger partial charge is 0.461 e. The van der Waals surface area contributed by atoms with Crippen molar-refractivity contribution >= 4 is 132 Å². The Morgan fingerprint density at radius 1 is 0.667 bits per heavy atom. The zero-order valence-electron chi connectivity index (χ0n) is 72.9. The number of aliphatic hydroxyl groups is 1. The topological polar surface area (TPSA) is 282 Å². The van der Waals surface area contributed by atoms with E-state index in [2.05, 4.69) is 54.3 Å². The second kappa shape index (κ2) is 49.5. The van der Waals surface area contributed by atoms with Crippen molar-refractivity contribution < 1.29 is 91.8 Å². The van der Waals surface area contributed by atoms with E-state index in [1.807, 2.05) is 0 Å². The van der Waals surface area contributed by atoms with Crippen molar-refractivity contribution in [2.24, 2.45) is 17.6 Å². The predicted molar refractivity (Wildman–Crippen MR) is 436 cm³/mol. The van der Waals surface area contributed by atoms with E-state index in [4.69, 9.17) is 62.9 Å². The number of ketones is 2. The van der Waals surface area contributed by atoms with Crippen molar-refractivity contribution in [3.63, 3.8) is 0 Å². The van der Waals surface area contributed by atoms with Gasteiger partial charge in [0.15, 0.2) is 5.78 Å². The molecular formula is C80H91ClF5IN8O11S5. The first-order chi connectivity index (χ1) is 57.6. The third-order valence-corrected chi connectivity index (χ3v) is 20.9. The maximum Gasteiger partial charge on any atom is 0.373 e. The van der Waals surface area contributed by atoms with Crippen LogP contribution in [0.25, 0.3) is 42.3 Å². The molecule has 15 rings (SSSR count). The van der Waals surface area contributed by atoms with Gasteiger partial charge in [-0.25, -0.2) is 47.4 Å². The molecule has 31 heteroatoms. The molecular weight excluding hydrogens is 1670 g/mol. The quantitative estimate of drug-likeness (QED) is 0.00963. The van der Waals surface area contributed by atoms with E-state index in [-0.39, 0.29) is 83.8 Å². The number of hydrogen-bond acceptors (Lipinski definition) is 22. The highest BCUT2D eigenvalue weighted by molar-refractivity contribution is 14.1. The Hall–Kier alpha value is -7.94. The van der Waals surface area contributed by atoms with Gasteiger partial charge >= 0.3 is 18.3 Å². The highest BCUT2D eigenvalue weighted by Crippen LogP contribution is 2.36. The number of carbonyl (C=O) groups is 4. The van der Waals surface area contributed by atoms with Crippen molar-refractivity contribution in [2.75, 3.05) is 50.0 Å². The summed E-state index contributed by atoms with van der Waals surface area (Å²) in [5.74, 6) is -3.08. The van der Waals surface area contributed by atoms with E-state index in [9.17, 15) is 46.2 Å². The number of thiocarbonyl (C=S) groups is 1. The Morgan fingerprint density at radius 2 is 1.07 bits per heavy atom. The van der Waals surface area contributed by atoms with Crippen molar-refractivity contribution in [3.8, 4) is 42.3 Å². The average Bonchev–Trinajstić information content (AvgIpc) is 1.67. The Bertz CT molecular complexity index is 4850. The highest BCUT2D eigenvalue weighted by atomic mass is 127. The number of esters is 1. The Kier molecular flexibility index (Phi) is 34.4. The van der Waals surface area contributed by atoms with Gasteiger partial charge in [0.2, 0.25) is 0 Å². The van der Waals surface area contributed by atoms with E-state index in [0.717, 1.165) is 85.0 Å². The molecule has 6 aliphatic heterocycles. The summed E-state index contributed by atoms with van der Waals surface area (Å²) >= 11 is 16.5. The SMILES string of the molecule is CC(=O)CC(=O)CCl.CCCc1csc(-c2ccc(F)cc2)n1.NC(=S)c1ccc(F)cc1.O=C=O.O=C=O.O[C@@H]1CN2CCC1CC2.[2H]C([2H])([2H])C(C)(C(=O)NO)c1csc(-c2ccc(F)cc2)n1.[2H]C([2H])([2H])C(C)(CC(=O)O[C@@H]1CN2CCC1CC2)c1csc(-c2ccc(F)cc2)n1.[2H]C([2H])([2H])C(C)c1csc(-c2ccc(F)cc2)n1.[2H]C([2H])([2H])I. The highest BCUT2D eigenvalue weighted by Gasteiger charge is 2.38. The Labute approximate surface area is 700 Å². The summed E-state index contributed by atoms with van der Waals surface area (Å²) in [5, 5.41) is 27.9. The van der Waals surface area contributed by atoms with Crippen LogP contribution in [0.3, 0.4) is 0 Å². The van der Waals surface area contributed by atoms with E-state index in [0.29, 0.717) is 59.9 Å². The molecule has 0 saturated carbocycles. The zero-order chi connectivity index (χ0) is 92.4. The number of aryl methyl sites for hydroxylation is 1. The maximum atomic E-state index is 13.2. The van der Waals surface area contributed by atoms with Gasteiger partial charge in [-0.2, -0.15) is 19.2 Å². The van der Waals surface area contributed by atoms with Gasteiger partial charge in [0.25, 0.3) is 5.91 Å². The van der Waals surface area contributed by atoms with Crippen LogP contribution in [-0.4, -0.2) is 143 Å². The molecule has 3 unspecified atom stereocenters. The van der Waals surface area contributed by atoms with Gasteiger partial charge in [0.05, 0.1) is 53.0 Å². The lowest BCUT2D eigenvalue weighted by molar-refractivity contribution is -0.193. The van der Waals surface area contributed by atoms with Gasteiger partial charge in [-0.3, -0.25) is 29.3 Å². The molecule has 0 aliphatic carbocycles. The molecule has 6 fully saturated rings. The molecule has 10 heterocycles. The second-order valence-electron chi connectivity index (χ2n) is 25.3. The van der Waals surface area contributed by atoms with Crippen LogP contribution in [0.4, 0.5) is 22.0 Å². The minimum atomic E-state index is -2.70. The van der Waals surface area contributed by atoms with Crippen LogP contribution in [0.1, 0.15) is 151 Å². The average molecular weight is 1770 g/mol. The second-order valence-corrected chi connectivity index (χ2v) is 29.5. The van der Waals surface area contributed by atoms with Gasteiger partial charge in [-0.05, 0) is 223 Å². The Morgan fingerprint density at radius 3 is 1.42 bits per heavy atom. The molecule has 4 aromatic heterocycles. The monoisotopic (exact) mass is 1770 g/mol. The summed E-state index contributed by atoms with van der Waals surface area (Å²) < 4.78 is 158. The van der Waals surface area contributed by atoms with Gasteiger partial charge in [0.1, 0.15) is 66.0 Å². The number of nitrogens with one attached hydrogen (secondary N) is 1. The van der Waals surface area contributed by atoms with E-state index in [1.54, 1.807) is 84.5 Å². The fourth-order valence-corrected chi connectivity index (χ4v) is 14.7. The molecule has 5 aromatic carbocycles. The number of aliphatic hydroxyl groups excluding tert-OH is 1. The van der Waals surface area contributed by atoms with E-state index in [1.165, 1.54) is 169 Å². The first-order valence-electron chi connectivity index (χ1n) is 40.0. The number of benzene rings is 5. The third kappa shape index (κ3) is 33.0. The molecule has 9 aromatic rings. The van der Waals surface area contributed by atoms with Gasteiger partial charge in [0, 0.05) is 84.3 Å². The molecule has 0 radical (unpaired) electrons. The standard InChI is InChI=1S/C21H25FN2O2S.C13H13FN2O2S.2C12H12FNS.C7H6FNS.C7H13NO.C5H7ClO2.CH3I.2CO2/c1-21(2,11-19(25)26-17-12-24-9-7-14(17)8-10-24)18-13-27-20(23-18)15-3-5-16(22)6-4-15;1-13(2,12(17)16-18)10-7-19-11(15-10)8-3-5-9(14)6-4-8;1-8(2)11-7-15-12(14-11)9-3-5-10(13)6-4-9;1-2-3-11-8-15-12(14-11)9-4-6-10(13)7-5-9;8-6-3-1-5(2-4-6)7(9)10;9-7-5-8-3-1-6(7)2-4-8;1-4(7)2-5(8)3-6;1-2;2*2-1-3/h3-6,13-14,17H,7-12H2,1-2H3;3-7,18H,1-2H3,(H,16,17);3-8H,1-2H3;4-8H,2-3H2,1H3;1-4H,(H2,9,10);6-7,9H,1-5H2;2-3H2,1H3;1H3;;/t17-;;;;;7-;;;;/m1....1..../s1/i3*1D3;;;;;1D3;;/t17-,21?;;;;;;;;;. The van der Waals surface area contributed by atoms with Crippen molar-refractivity contribution in [1.82, 2.24) is 35.2 Å². The number of amides is 1. The lowest BCUT2D eigenvalue weighted by atomic mass is 9.85. The number of aromatic nitrogens is 4. The number of Topliss-reactive ketones (excluding diaryl/α,β-unsaturated/α-hetero) is 2. The van der Waals surface area contributed by atoms with Crippen LogP contribution in [0.2, 0.25) is 0 Å². The molecule has 5 N–H and O–H groups in total. The third-order valence-electron chi connectivity index (χ3n) is 16.8. The van der Waals surface area contributed by atoms with Gasteiger partial charge in [-0.1, -0.05) is 75.7 Å². The lowest BCUT2D eigenvalue weighted by Crippen LogP contribution is -2.52. The number of carbonyl (C=O) groups excluding carboxylic acids is 8. The first-order valence-corrected chi connectivity index (χ1v) is 39.5. The summed E-state index contributed by atoms with van der Waals surface area (Å²) in [6.45, 7) is 6.87. The fraction of sp³-hybridized carbons (Fsp3) is 0.388. The van der Waals surface area contributed by atoms with Gasteiger partial charge < -0.3 is 20.5 Å². The number of hydrogen-bond donors (Lipinski definition) is 4. The van der Waals surface area contributed by atoms with Crippen molar-refractivity contribution in [2.45, 2.75) is 135 Å². The predicted octanol–water partition coefficient (Wildman–Crippen LogP) is 17.2. The number of alkyl halides is 2. The molecule has 0 spiro atoms. The number of rotatable bonds is 17. The minimum absolute atomic E-state index is 0.00694. The zero-order valence-corrected chi connectivity index (χ0v) is 67.9. The molecule has 19 nitrogen and oxygen atoms in total. The summed E-state index contributed by atoms with van der Waals surface area (Å²) in [5.41, 5.74) is 9.02. The van der Waals surface area contributed by atoms with Gasteiger partial charge in [-0.15, -0.1) is 56.9 Å². The lowest BCUT2D eigenvalue weighted by Gasteiger charge is -2.44. The summed E-state index contributed by atoms with van der Waals surface area (Å²) in [7, 11) is 0. The van der Waals surface area contributed by atoms with Crippen molar-refractivity contribution in [1.29, 1.82) is 0 Å². The summed E-state index contributed by atoms with van der Waals surface area (Å²) in [4.78, 5) is 98.2. The number of nitrogens with zero attached hydrogens (tertiary/aromatic N) is 6. The fourth-order valence-electron chi connectivity index (χ4n) is 10.8. The minimum Gasteiger partial charge on any atom is -0.461 e. The smallest absolute Gasteiger partial charge is 0.373 e. The van der Waals surface area contributed by atoms with Crippen LogP contribution < -0.4 is 11.2 Å². The van der Waals surface area contributed by atoms with Crippen LogP contribution in [0.5, 0.6) is 0 Å². The molecule has 6 saturated heterocycles. The maximum absolute atomic E-state index is 13.2. The molecule has 1 amide bonds. The number of halogens is 7. The molecule has 5 atom stereocenters. The van der Waals surface area contributed by atoms with Crippen LogP contribution in [0.15, 0.2) is 143 Å². The molecule has 6 aliphatic rings. The van der Waals surface area contributed by atoms with Crippen molar-refractivity contribution in [3.05, 3.63) is 200 Å². The number of hydroxylamine groups is 1.